The van der Waals surface area contributed by atoms with Crippen LogP contribution in [-0.4, -0.2) is 11.9 Å². The smallest absolute Gasteiger partial charge is 0.155 e. The Bertz CT molecular complexity index is 107. The minimum Gasteiger partial charge on any atom is -0.295 e. The van der Waals surface area contributed by atoms with E-state index in [1.165, 1.54) is 0 Å². The van der Waals surface area contributed by atoms with E-state index in [-0.39, 0.29) is 5.78 Å². The molecule has 1 nitrogen and oxygen atoms in total. The maximum absolute atomic E-state index is 10.7. The van der Waals surface area contributed by atoms with Crippen molar-refractivity contribution in [3.63, 3.8) is 0 Å². The van der Waals surface area contributed by atoms with E-state index >= 15 is 0 Å². The van der Waals surface area contributed by atoms with Crippen LogP contribution in [0.1, 0.15) is 19.8 Å². The molecule has 0 saturated heterocycles. The molecule has 0 aliphatic carbocycles. The van der Waals surface area contributed by atoms with Gasteiger partial charge in [0.05, 0.1) is 0 Å². The van der Waals surface area contributed by atoms with Gasteiger partial charge in [0.1, 0.15) is 0 Å². The third kappa shape index (κ3) is 5.72. The highest BCUT2D eigenvalue weighted by molar-refractivity contribution is 7.16. The predicted octanol–water partition coefficient (Wildman–Crippen LogP) is 1.79. The highest BCUT2D eigenvalue weighted by Crippen LogP contribution is 1.91. The molecule has 9 heavy (non-hydrogen) atoms. The van der Waals surface area contributed by atoms with Gasteiger partial charge in [0.2, 0.25) is 0 Å². The number of ketones is 1. The first-order valence-corrected chi connectivity index (χ1v) is 4.02. The molecule has 0 heterocycles. The lowest BCUT2D eigenvalue weighted by Gasteiger charge is -1.86. The van der Waals surface area contributed by atoms with E-state index in [1.807, 2.05) is 13.0 Å². The highest BCUT2D eigenvalue weighted by Gasteiger charge is 1.89. The number of hydrogen-bond acceptors (Lipinski definition) is 1. The van der Waals surface area contributed by atoms with Crippen molar-refractivity contribution in [2.75, 3.05) is 6.16 Å². The van der Waals surface area contributed by atoms with Gasteiger partial charge in [0.15, 0.2) is 5.78 Å². The van der Waals surface area contributed by atoms with Crippen molar-refractivity contribution >= 4 is 15.0 Å². The summed E-state index contributed by atoms with van der Waals surface area (Å²) in [6.07, 6.45) is 6.01. The van der Waals surface area contributed by atoms with Crippen molar-refractivity contribution in [1.82, 2.24) is 0 Å². The molecule has 0 saturated carbocycles. The lowest BCUT2D eigenvalue weighted by molar-refractivity contribution is -0.114. The molecule has 0 aromatic rings. The monoisotopic (exact) mass is 144 g/mol. The molecule has 0 aromatic heterocycles. The Labute approximate surface area is 58.7 Å². The summed E-state index contributed by atoms with van der Waals surface area (Å²) in [6.45, 7) is 2.01. The van der Waals surface area contributed by atoms with Crippen LogP contribution in [-0.2, 0) is 4.79 Å². The zero-order valence-corrected chi connectivity index (χ0v) is 6.92. The quantitative estimate of drug-likeness (QED) is 0.434. The van der Waals surface area contributed by atoms with Gasteiger partial charge >= 0.3 is 0 Å². The van der Waals surface area contributed by atoms with Gasteiger partial charge in [-0.25, -0.2) is 0 Å². The Morgan fingerprint density at radius 1 is 1.67 bits per heavy atom. The summed E-state index contributed by atoms with van der Waals surface area (Å²) in [6, 6.07) is 0. The number of carbonyl (C=O) groups is 1. The molecule has 0 rings (SSSR count). The predicted molar refractivity (Wildman–Crippen MR) is 43.6 cm³/mol. The van der Waals surface area contributed by atoms with E-state index in [0.717, 1.165) is 12.6 Å². The second-order valence-electron chi connectivity index (χ2n) is 1.85. The fraction of sp³-hybridized carbons (Fsp3) is 0.571. The van der Waals surface area contributed by atoms with Gasteiger partial charge in [-0.3, -0.25) is 4.79 Å². The van der Waals surface area contributed by atoms with E-state index in [4.69, 9.17) is 0 Å². The molecule has 0 aliphatic heterocycles. The number of allylic oxidation sites excluding steroid dienone is 2. The molecular formula is C7H13OP. The van der Waals surface area contributed by atoms with Crippen molar-refractivity contribution in [3.8, 4) is 0 Å². The van der Waals surface area contributed by atoms with Gasteiger partial charge in [-0.15, -0.1) is 9.24 Å². The molecule has 0 aliphatic rings. The largest absolute Gasteiger partial charge is 0.295 e. The van der Waals surface area contributed by atoms with Crippen molar-refractivity contribution in [2.24, 2.45) is 0 Å². The Morgan fingerprint density at radius 2 is 2.33 bits per heavy atom. The van der Waals surface area contributed by atoms with Crippen LogP contribution in [0.25, 0.3) is 0 Å². The minimum atomic E-state index is 0.236. The first-order valence-electron chi connectivity index (χ1n) is 3.20. The van der Waals surface area contributed by atoms with Gasteiger partial charge in [-0.1, -0.05) is 13.0 Å². The van der Waals surface area contributed by atoms with Crippen LogP contribution in [0.4, 0.5) is 0 Å². The zero-order chi connectivity index (χ0) is 7.11. The van der Waals surface area contributed by atoms with Crippen molar-refractivity contribution in [2.45, 2.75) is 19.8 Å². The van der Waals surface area contributed by atoms with E-state index in [1.54, 1.807) is 6.08 Å². The zero-order valence-electron chi connectivity index (χ0n) is 5.76. The lowest BCUT2D eigenvalue weighted by Crippen LogP contribution is -1.89. The first kappa shape index (κ1) is 8.84. The molecule has 0 radical (unpaired) electrons. The second kappa shape index (κ2) is 5.97. The molecule has 0 spiro atoms. The highest BCUT2D eigenvalue weighted by atomic mass is 31.0. The Morgan fingerprint density at radius 3 is 2.78 bits per heavy atom. The minimum absolute atomic E-state index is 0.236. The van der Waals surface area contributed by atoms with Crippen LogP contribution < -0.4 is 0 Å². The molecule has 1 unspecified atom stereocenters. The summed E-state index contributed by atoms with van der Waals surface area (Å²) in [5, 5.41) is 0. The summed E-state index contributed by atoms with van der Waals surface area (Å²) < 4.78 is 0. The van der Waals surface area contributed by atoms with Crippen LogP contribution in [0.5, 0.6) is 0 Å². The standard InChI is InChI=1S/C7H13OP/c1-2-4-7(8)5-3-6-9/h3,5H,2,4,6,9H2,1H3. The van der Waals surface area contributed by atoms with Crippen LogP contribution in [0.2, 0.25) is 0 Å². The molecule has 52 valence electrons. The topological polar surface area (TPSA) is 17.1 Å². The maximum atomic E-state index is 10.7. The molecular weight excluding hydrogens is 131 g/mol. The summed E-state index contributed by atoms with van der Waals surface area (Å²) in [5.74, 6) is 0.236. The van der Waals surface area contributed by atoms with E-state index in [0.29, 0.717) is 6.42 Å². The molecule has 1 atom stereocenters. The van der Waals surface area contributed by atoms with Gasteiger partial charge in [0.25, 0.3) is 0 Å². The second-order valence-corrected chi connectivity index (χ2v) is 2.33. The maximum Gasteiger partial charge on any atom is 0.155 e. The fourth-order valence-corrected chi connectivity index (χ4v) is 0.665. The van der Waals surface area contributed by atoms with Crippen molar-refractivity contribution < 1.29 is 4.79 Å². The van der Waals surface area contributed by atoms with Crippen LogP contribution >= 0.6 is 9.24 Å². The average molecular weight is 144 g/mol. The van der Waals surface area contributed by atoms with Crippen LogP contribution in [0, 0.1) is 0 Å². The SMILES string of the molecule is CCCC(=O)C=CCP. The summed E-state index contributed by atoms with van der Waals surface area (Å²) in [4.78, 5) is 10.7. The van der Waals surface area contributed by atoms with Gasteiger partial charge < -0.3 is 0 Å². The fourth-order valence-electron chi connectivity index (χ4n) is 0.529. The van der Waals surface area contributed by atoms with E-state index < -0.39 is 0 Å². The van der Waals surface area contributed by atoms with Gasteiger partial charge in [-0.05, 0) is 18.7 Å². The molecule has 0 aromatic carbocycles. The molecule has 0 N–H and O–H groups in total. The number of hydrogen-bond donors (Lipinski definition) is 0. The Hall–Kier alpha value is -0.160. The summed E-state index contributed by atoms with van der Waals surface area (Å²) >= 11 is 0. The number of rotatable bonds is 4. The van der Waals surface area contributed by atoms with Gasteiger partial charge in [-0.2, -0.15) is 0 Å². The van der Waals surface area contributed by atoms with Crippen molar-refractivity contribution in [3.05, 3.63) is 12.2 Å². The molecule has 2 heteroatoms. The average Bonchev–Trinajstić information content (AvgIpc) is 1.85. The third-order valence-corrected chi connectivity index (χ3v) is 1.21. The molecule has 0 fully saturated rings. The van der Waals surface area contributed by atoms with Gasteiger partial charge in [0, 0.05) is 6.42 Å². The van der Waals surface area contributed by atoms with E-state index in [9.17, 15) is 4.79 Å². The van der Waals surface area contributed by atoms with Crippen molar-refractivity contribution in [1.29, 1.82) is 0 Å². The Kier molecular flexibility index (Phi) is 5.86. The summed E-state index contributed by atoms with van der Waals surface area (Å²) in [5.41, 5.74) is 0. The third-order valence-electron chi connectivity index (χ3n) is 0.936. The molecule has 0 bridgehead atoms. The first-order chi connectivity index (χ1) is 4.31. The van der Waals surface area contributed by atoms with Crippen LogP contribution in [0.15, 0.2) is 12.2 Å². The van der Waals surface area contributed by atoms with E-state index in [2.05, 4.69) is 9.24 Å². The Balaban J connectivity index is 3.37. The molecule has 0 amide bonds. The normalized spacial score (nSPS) is 10.4. The summed E-state index contributed by atoms with van der Waals surface area (Å²) in [7, 11) is 2.54. The number of carbonyl (C=O) groups excluding carboxylic acids is 1. The lowest BCUT2D eigenvalue weighted by atomic mass is 10.2. The van der Waals surface area contributed by atoms with Crippen LogP contribution in [0.3, 0.4) is 0 Å².